The molecule has 0 aromatic rings. The van der Waals surface area contributed by atoms with Crippen molar-refractivity contribution in [3.8, 4) is 0 Å². The highest BCUT2D eigenvalue weighted by atomic mass is 16.5. The molecular weight excluding hydrogens is 188 g/mol. The van der Waals surface area contributed by atoms with E-state index in [-0.39, 0.29) is 0 Å². The Bertz CT molecular complexity index is 178. The molecule has 1 unspecified atom stereocenters. The molecule has 0 aromatic carbocycles. The summed E-state index contributed by atoms with van der Waals surface area (Å²) < 4.78 is 5.48. The number of ether oxygens (including phenoxy) is 1. The van der Waals surface area contributed by atoms with Gasteiger partial charge >= 0.3 is 0 Å². The van der Waals surface area contributed by atoms with Crippen LogP contribution < -0.4 is 5.32 Å². The average molecular weight is 212 g/mol. The molecule has 88 valence electrons. The Morgan fingerprint density at radius 2 is 2.07 bits per heavy atom. The minimum absolute atomic E-state index is 0.734. The van der Waals surface area contributed by atoms with E-state index in [9.17, 15) is 0 Å². The Kier molecular flexibility index (Phi) is 4.42. The van der Waals surface area contributed by atoms with Gasteiger partial charge in [0.1, 0.15) is 0 Å². The largest absolute Gasteiger partial charge is 0.380 e. The second-order valence-corrected chi connectivity index (χ2v) is 4.81. The number of piperidine rings is 3. The highest BCUT2D eigenvalue weighted by molar-refractivity contribution is 4.90. The fourth-order valence-corrected chi connectivity index (χ4v) is 2.76. The first kappa shape index (κ1) is 11.4. The van der Waals surface area contributed by atoms with E-state index in [0.29, 0.717) is 0 Å². The zero-order valence-corrected chi connectivity index (χ0v) is 9.87. The van der Waals surface area contributed by atoms with E-state index in [0.717, 1.165) is 38.1 Å². The molecule has 0 aliphatic carbocycles. The minimum atomic E-state index is 0.734. The van der Waals surface area contributed by atoms with Gasteiger partial charge in [0.2, 0.25) is 0 Å². The summed E-state index contributed by atoms with van der Waals surface area (Å²) in [4.78, 5) is 2.59. The minimum Gasteiger partial charge on any atom is -0.380 e. The predicted molar refractivity (Wildman–Crippen MR) is 62.1 cm³/mol. The zero-order chi connectivity index (χ0) is 10.5. The van der Waals surface area contributed by atoms with Gasteiger partial charge in [0.05, 0.1) is 6.61 Å². The van der Waals surface area contributed by atoms with Crippen molar-refractivity contribution < 1.29 is 4.74 Å². The number of nitrogens with zero attached hydrogens (tertiary/aromatic N) is 1. The third-order valence-corrected chi connectivity index (χ3v) is 3.66. The molecule has 15 heavy (non-hydrogen) atoms. The molecule has 0 saturated carbocycles. The van der Waals surface area contributed by atoms with Crippen LogP contribution >= 0.6 is 0 Å². The number of nitrogens with one attached hydrogen (secondary N) is 1. The van der Waals surface area contributed by atoms with Gasteiger partial charge < -0.3 is 15.0 Å². The molecular formula is C12H24N2O. The standard InChI is InChI=1S/C12H24N2O/c1-2-8-15-9-5-13-12-10-14-6-3-11(12)4-7-14/h11-13H,2-10H2,1H3. The predicted octanol–water partition coefficient (Wildman–Crippen LogP) is 1.10. The van der Waals surface area contributed by atoms with Gasteiger partial charge in [0.15, 0.2) is 0 Å². The number of hydrogen-bond donors (Lipinski definition) is 1. The maximum Gasteiger partial charge on any atom is 0.0591 e. The Labute approximate surface area is 93.2 Å². The molecule has 0 spiro atoms. The van der Waals surface area contributed by atoms with Gasteiger partial charge in [0, 0.05) is 25.7 Å². The van der Waals surface area contributed by atoms with Crippen molar-refractivity contribution >= 4 is 0 Å². The van der Waals surface area contributed by atoms with Crippen LogP contribution in [-0.4, -0.2) is 50.3 Å². The van der Waals surface area contributed by atoms with Crippen LogP contribution in [0.1, 0.15) is 26.2 Å². The molecule has 3 fully saturated rings. The molecule has 1 N–H and O–H groups in total. The Balaban J connectivity index is 1.59. The van der Waals surface area contributed by atoms with Crippen LogP contribution in [0.2, 0.25) is 0 Å². The summed E-state index contributed by atoms with van der Waals surface area (Å²) in [5.41, 5.74) is 0. The van der Waals surface area contributed by atoms with E-state index in [4.69, 9.17) is 4.74 Å². The third-order valence-electron chi connectivity index (χ3n) is 3.66. The quantitative estimate of drug-likeness (QED) is 0.667. The van der Waals surface area contributed by atoms with Gasteiger partial charge in [-0.25, -0.2) is 0 Å². The summed E-state index contributed by atoms with van der Waals surface area (Å²) in [6, 6.07) is 0.734. The molecule has 3 heterocycles. The molecule has 0 radical (unpaired) electrons. The molecule has 3 heteroatoms. The van der Waals surface area contributed by atoms with E-state index in [2.05, 4.69) is 17.1 Å². The topological polar surface area (TPSA) is 24.5 Å². The maximum atomic E-state index is 5.48. The summed E-state index contributed by atoms with van der Waals surface area (Å²) in [6.07, 6.45) is 3.92. The van der Waals surface area contributed by atoms with E-state index >= 15 is 0 Å². The van der Waals surface area contributed by atoms with Gasteiger partial charge in [-0.2, -0.15) is 0 Å². The average Bonchev–Trinajstić information content (AvgIpc) is 2.30. The molecule has 1 atom stereocenters. The molecule has 3 nitrogen and oxygen atoms in total. The monoisotopic (exact) mass is 212 g/mol. The highest BCUT2D eigenvalue weighted by Gasteiger charge is 2.33. The summed E-state index contributed by atoms with van der Waals surface area (Å²) >= 11 is 0. The van der Waals surface area contributed by atoms with Crippen LogP contribution in [-0.2, 0) is 4.74 Å². The van der Waals surface area contributed by atoms with Crippen LogP contribution in [0, 0.1) is 5.92 Å². The molecule has 3 aliphatic heterocycles. The van der Waals surface area contributed by atoms with Gasteiger partial charge in [-0.3, -0.25) is 0 Å². The summed E-state index contributed by atoms with van der Waals surface area (Å²) in [6.45, 7) is 8.87. The van der Waals surface area contributed by atoms with Crippen molar-refractivity contribution in [3.05, 3.63) is 0 Å². The molecule has 3 aliphatic rings. The Hall–Kier alpha value is -0.120. The lowest BCUT2D eigenvalue weighted by atomic mass is 9.84. The first-order valence-electron chi connectivity index (χ1n) is 6.43. The third kappa shape index (κ3) is 3.16. The SMILES string of the molecule is CCCOCCNC1CN2CCC1CC2. The van der Waals surface area contributed by atoms with E-state index in [1.807, 2.05) is 0 Å². The highest BCUT2D eigenvalue weighted by Crippen LogP contribution is 2.27. The van der Waals surface area contributed by atoms with Crippen LogP contribution in [0.4, 0.5) is 0 Å². The van der Waals surface area contributed by atoms with E-state index in [1.54, 1.807) is 0 Å². The normalized spacial score (nSPS) is 34.6. The van der Waals surface area contributed by atoms with Gasteiger partial charge in [-0.05, 0) is 38.3 Å². The molecule has 3 saturated heterocycles. The van der Waals surface area contributed by atoms with Crippen LogP contribution in [0.5, 0.6) is 0 Å². The fourth-order valence-electron chi connectivity index (χ4n) is 2.76. The fraction of sp³-hybridized carbons (Fsp3) is 1.00. The van der Waals surface area contributed by atoms with E-state index < -0.39 is 0 Å². The van der Waals surface area contributed by atoms with Crippen molar-refractivity contribution in [1.29, 1.82) is 0 Å². The van der Waals surface area contributed by atoms with Gasteiger partial charge in [0.25, 0.3) is 0 Å². The lowest BCUT2D eigenvalue weighted by Gasteiger charge is -2.45. The second kappa shape index (κ2) is 5.83. The molecule has 0 amide bonds. The van der Waals surface area contributed by atoms with Crippen molar-refractivity contribution in [1.82, 2.24) is 10.2 Å². The Morgan fingerprint density at radius 1 is 1.27 bits per heavy atom. The van der Waals surface area contributed by atoms with Crippen molar-refractivity contribution in [3.63, 3.8) is 0 Å². The smallest absolute Gasteiger partial charge is 0.0591 e. The van der Waals surface area contributed by atoms with Crippen LogP contribution in [0.15, 0.2) is 0 Å². The first-order chi connectivity index (χ1) is 7.40. The summed E-state index contributed by atoms with van der Waals surface area (Å²) in [7, 11) is 0. The zero-order valence-electron chi connectivity index (χ0n) is 9.87. The van der Waals surface area contributed by atoms with Crippen molar-refractivity contribution in [2.75, 3.05) is 39.4 Å². The van der Waals surface area contributed by atoms with Crippen molar-refractivity contribution in [2.24, 2.45) is 5.92 Å². The van der Waals surface area contributed by atoms with Crippen LogP contribution in [0.3, 0.4) is 0 Å². The van der Waals surface area contributed by atoms with E-state index in [1.165, 1.54) is 32.5 Å². The Morgan fingerprint density at radius 3 is 2.67 bits per heavy atom. The number of fused-ring (bicyclic) bond motifs is 3. The molecule has 2 bridgehead atoms. The lowest BCUT2D eigenvalue weighted by molar-refractivity contribution is 0.0648. The van der Waals surface area contributed by atoms with Gasteiger partial charge in [-0.1, -0.05) is 6.92 Å². The summed E-state index contributed by atoms with van der Waals surface area (Å²) in [5.74, 6) is 0.932. The van der Waals surface area contributed by atoms with Crippen molar-refractivity contribution in [2.45, 2.75) is 32.2 Å². The second-order valence-electron chi connectivity index (χ2n) is 4.81. The summed E-state index contributed by atoms with van der Waals surface area (Å²) in [5, 5.41) is 3.65. The molecule has 0 aromatic heterocycles. The lowest BCUT2D eigenvalue weighted by Crippen LogP contribution is -2.56. The number of rotatable bonds is 6. The number of hydrogen-bond acceptors (Lipinski definition) is 3. The van der Waals surface area contributed by atoms with Crippen LogP contribution in [0.25, 0.3) is 0 Å². The molecule has 3 rings (SSSR count). The maximum absolute atomic E-state index is 5.48. The van der Waals surface area contributed by atoms with Gasteiger partial charge in [-0.15, -0.1) is 0 Å². The first-order valence-corrected chi connectivity index (χ1v) is 6.43.